The lowest BCUT2D eigenvalue weighted by molar-refractivity contribution is -0.137. The van der Waals surface area contributed by atoms with E-state index in [2.05, 4.69) is 0 Å². The highest BCUT2D eigenvalue weighted by Crippen LogP contribution is 2.26. The van der Waals surface area contributed by atoms with Gasteiger partial charge in [-0.15, -0.1) is 0 Å². The van der Waals surface area contributed by atoms with Gasteiger partial charge in [-0.05, 0) is 38.0 Å². The van der Waals surface area contributed by atoms with Gasteiger partial charge in [0.1, 0.15) is 0 Å². The Labute approximate surface area is 112 Å². The lowest BCUT2D eigenvalue weighted by Crippen LogP contribution is -2.20. The van der Waals surface area contributed by atoms with Crippen LogP contribution in [-0.2, 0) is 15.1 Å². The molecule has 3 nitrogen and oxygen atoms in total. The highest BCUT2D eigenvalue weighted by atomic mass is 35.5. The topological polar surface area (TPSA) is 46.5 Å². The molecule has 0 aliphatic heterocycles. The summed E-state index contributed by atoms with van der Waals surface area (Å²) in [7, 11) is 0. The van der Waals surface area contributed by atoms with Crippen molar-refractivity contribution < 1.29 is 14.6 Å². The fraction of sp³-hybridized carbons (Fsp3) is 0.357. The van der Waals surface area contributed by atoms with Crippen molar-refractivity contribution in [2.24, 2.45) is 0 Å². The van der Waals surface area contributed by atoms with Crippen LogP contribution < -0.4 is 0 Å². The van der Waals surface area contributed by atoms with Gasteiger partial charge in [0.05, 0.1) is 12.2 Å². The van der Waals surface area contributed by atoms with Gasteiger partial charge in [0.15, 0.2) is 0 Å². The third kappa shape index (κ3) is 4.51. The van der Waals surface area contributed by atoms with E-state index >= 15 is 0 Å². The molecule has 98 valence electrons. The van der Waals surface area contributed by atoms with Gasteiger partial charge in [0, 0.05) is 11.1 Å². The Morgan fingerprint density at radius 1 is 1.56 bits per heavy atom. The molecule has 18 heavy (non-hydrogen) atoms. The molecule has 0 aromatic heterocycles. The Morgan fingerprint density at radius 2 is 2.28 bits per heavy atom. The smallest absolute Gasteiger partial charge is 0.330 e. The minimum absolute atomic E-state index is 0.312. The monoisotopic (exact) mass is 268 g/mol. The number of hydrogen-bond acceptors (Lipinski definition) is 3. The Balaban J connectivity index is 2.67. The molecule has 0 amide bonds. The molecule has 0 spiro atoms. The summed E-state index contributed by atoms with van der Waals surface area (Å²) in [6.45, 7) is 3.76. The molecular weight excluding hydrogens is 252 g/mol. The molecule has 0 radical (unpaired) electrons. The second-order valence-corrected chi connectivity index (χ2v) is 4.58. The van der Waals surface area contributed by atoms with Crippen LogP contribution in [0.4, 0.5) is 0 Å². The predicted octanol–water partition coefficient (Wildman–Crippen LogP) is 3.06. The summed E-state index contributed by atoms with van der Waals surface area (Å²) in [5.74, 6) is -0.403. The average molecular weight is 269 g/mol. The standard InChI is InChI=1S/C14H17ClO3/c1-3-18-13(16)8-5-9-14(2,17)11-6-4-7-12(15)10-11/h4-8,10,17H,3,9H2,1-2H3/b8-5-/t14-/m1/s1. The number of carbonyl (C=O) groups excluding carboxylic acids is 1. The molecule has 1 aromatic rings. The first-order chi connectivity index (χ1) is 8.45. The second-order valence-electron chi connectivity index (χ2n) is 4.14. The maximum atomic E-state index is 11.1. The van der Waals surface area contributed by atoms with Crippen molar-refractivity contribution >= 4 is 17.6 Å². The van der Waals surface area contributed by atoms with Crippen molar-refractivity contribution in [3.05, 3.63) is 47.0 Å². The molecule has 0 bridgehead atoms. The molecule has 0 saturated carbocycles. The van der Waals surface area contributed by atoms with Gasteiger partial charge >= 0.3 is 5.97 Å². The van der Waals surface area contributed by atoms with Crippen LogP contribution in [0.15, 0.2) is 36.4 Å². The van der Waals surface area contributed by atoms with E-state index in [0.717, 1.165) is 0 Å². The molecule has 0 fully saturated rings. The summed E-state index contributed by atoms with van der Waals surface area (Å²) < 4.78 is 4.75. The summed E-state index contributed by atoms with van der Waals surface area (Å²) in [6.07, 6.45) is 3.23. The number of carbonyl (C=O) groups is 1. The first-order valence-corrected chi connectivity index (χ1v) is 6.15. The SMILES string of the molecule is CCOC(=O)/C=C\C[C@@](C)(O)c1cccc(Cl)c1. The Hall–Kier alpha value is -1.32. The Kier molecular flexibility index (Phi) is 5.38. The number of hydrogen-bond donors (Lipinski definition) is 1. The van der Waals surface area contributed by atoms with Crippen molar-refractivity contribution in [2.45, 2.75) is 25.9 Å². The van der Waals surface area contributed by atoms with Crippen molar-refractivity contribution in [1.82, 2.24) is 0 Å². The van der Waals surface area contributed by atoms with Crippen molar-refractivity contribution in [2.75, 3.05) is 6.61 Å². The molecule has 0 aliphatic rings. The van der Waals surface area contributed by atoms with Gasteiger partial charge in [0.2, 0.25) is 0 Å². The van der Waals surface area contributed by atoms with Gasteiger partial charge in [-0.25, -0.2) is 4.79 Å². The fourth-order valence-corrected chi connectivity index (χ4v) is 1.71. The minimum Gasteiger partial charge on any atom is -0.463 e. The number of ether oxygens (including phenoxy) is 1. The molecule has 0 unspecified atom stereocenters. The van der Waals surface area contributed by atoms with E-state index in [4.69, 9.17) is 16.3 Å². The normalized spacial score (nSPS) is 14.4. The molecular formula is C14H17ClO3. The van der Waals surface area contributed by atoms with Gasteiger partial charge < -0.3 is 9.84 Å². The van der Waals surface area contributed by atoms with Crippen molar-refractivity contribution in [3.63, 3.8) is 0 Å². The zero-order valence-corrected chi connectivity index (χ0v) is 11.3. The van der Waals surface area contributed by atoms with E-state index in [1.807, 2.05) is 0 Å². The lowest BCUT2D eigenvalue weighted by Gasteiger charge is -2.22. The third-order valence-corrected chi connectivity index (χ3v) is 2.74. The van der Waals surface area contributed by atoms with Crippen LogP contribution in [0.1, 0.15) is 25.8 Å². The van der Waals surface area contributed by atoms with Crippen molar-refractivity contribution in [1.29, 1.82) is 0 Å². The molecule has 1 aromatic carbocycles. The summed E-state index contributed by atoms with van der Waals surface area (Å²) in [4.78, 5) is 11.1. The molecule has 0 aliphatic carbocycles. The molecule has 1 rings (SSSR count). The van der Waals surface area contributed by atoms with E-state index in [9.17, 15) is 9.90 Å². The number of aliphatic hydroxyl groups is 1. The largest absolute Gasteiger partial charge is 0.463 e. The van der Waals surface area contributed by atoms with Gasteiger partial charge in [-0.3, -0.25) is 0 Å². The van der Waals surface area contributed by atoms with Crippen molar-refractivity contribution in [3.8, 4) is 0 Å². The Morgan fingerprint density at radius 3 is 2.89 bits per heavy atom. The number of benzene rings is 1. The zero-order valence-electron chi connectivity index (χ0n) is 10.5. The fourth-order valence-electron chi connectivity index (χ4n) is 1.52. The first kappa shape index (κ1) is 14.7. The van der Waals surface area contributed by atoms with Crippen LogP contribution in [0.3, 0.4) is 0 Å². The van der Waals surface area contributed by atoms with E-state index in [0.29, 0.717) is 23.6 Å². The Bertz CT molecular complexity index is 438. The zero-order chi connectivity index (χ0) is 13.6. The highest BCUT2D eigenvalue weighted by molar-refractivity contribution is 6.30. The maximum absolute atomic E-state index is 11.1. The van der Waals surface area contributed by atoms with Gasteiger partial charge in [-0.1, -0.05) is 29.8 Å². The molecule has 1 N–H and O–H groups in total. The third-order valence-electron chi connectivity index (χ3n) is 2.50. The molecule has 0 saturated heterocycles. The first-order valence-electron chi connectivity index (χ1n) is 5.77. The molecule has 4 heteroatoms. The summed E-state index contributed by atoms with van der Waals surface area (Å²) in [5, 5.41) is 10.9. The number of esters is 1. The quantitative estimate of drug-likeness (QED) is 0.659. The van der Waals surface area contributed by atoms with E-state index in [-0.39, 0.29) is 0 Å². The van der Waals surface area contributed by atoms with Gasteiger partial charge in [0.25, 0.3) is 0 Å². The highest BCUT2D eigenvalue weighted by Gasteiger charge is 2.21. The number of halogens is 1. The lowest BCUT2D eigenvalue weighted by atomic mass is 9.92. The van der Waals surface area contributed by atoms with Crippen LogP contribution in [0.2, 0.25) is 5.02 Å². The minimum atomic E-state index is -1.06. The maximum Gasteiger partial charge on any atom is 0.330 e. The van der Waals surface area contributed by atoms with E-state index in [1.54, 1.807) is 44.2 Å². The van der Waals surface area contributed by atoms with Crippen LogP contribution >= 0.6 is 11.6 Å². The summed E-state index contributed by atoms with van der Waals surface area (Å²) >= 11 is 5.87. The molecule has 1 atom stereocenters. The van der Waals surface area contributed by atoms with Gasteiger partial charge in [-0.2, -0.15) is 0 Å². The number of rotatable bonds is 5. The van der Waals surface area contributed by atoms with E-state index < -0.39 is 11.6 Å². The predicted molar refractivity (Wildman–Crippen MR) is 71.4 cm³/mol. The molecule has 0 heterocycles. The average Bonchev–Trinajstić information content (AvgIpc) is 2.29. The van der Waals surface area contributed by atoms with Crippen LogP contribution in [-0.4, -0.2) is 17.7 Å². The summed E-state index contributed by atoms with van der Waals surface area (Å²) in [6, 6.07) is 7.03. The van der Waals surface area contributed by atoms with Crippen LogP contribution in [0.5, 0.6) is 0 Å². The van der Waals surface area contributed by atoms with Crippen LogP contribution in [0.25, 0.3) is 0 Å². The van der Waals surface area contributed by atoms with E-state index in [1.165, 1.54) is 6.08 Å². The summed E-state index contributed by atoms with van der Waals surface area (Å²) in [5.41, 5.74) is -0.350. The second kappa shape index (κ2) is 6.57. The van der Waals surface area contributed by atoms with Crippen LogP contribution in [0, 0.1) is 0 Å².